The van der Waals surface area contributed by atoms with Gasteiger partial charge in [0.1, 0.15) is 0 Å². The molecular weight excluding hydrogens is 252 g/mol. The minimum Gasteiger partial charge on any atom is -0.390 e. The minimum atomic E-state index is -0.722. The van der Waals surface area contributed by atoms with Crippen LogP contribution in [0.25, 0.3) is 0 Å². The van der Waals surface area contributed by atoms with Gasteiger partial charge in [-0.05, 0) is 32.9 Å². The maximum absolute atomic E-state index is 10.2. The Balaban J connectivity index is 0.000000956. The summed E-state index contributed by atoms with van der Waals surface area (Å²) in [5.41, 5.74) is 1.39. The molecule has 0 bridgehead atoms. The van der Waals surface area contributed by atoms with Gasteiger partial charge in [0.05, 0.1) is 30.7 Å². The van der Waals surface area contributed by atoms with Gasteiger partial charge in [-0.3, -0.25) is 4.98 Å². The number of aryl methyl sites for hydroxylation is 1. The largest absolute Gasteiger partial charge is 0.390 e. The molecule has 1 saturated heterocycles. The van der Waals surface area contributed by atoms with Gasteiger partial charge in [0.25, 0.3) is 0 Å². The first-order chi connectivity index (χ1) is 9.47. The van der Waals surface area contributed by atoms with Gasteiger partial charge < -0.3 is 14.7 Å². The molecule has 20 heavy (non-hydrogen) atoms. The van der Waals surface area contributed by atoms with Crippen LogP contribution in [0.1, 0.15) is 33.4 Å². The van der Waals surface area contributed by atoms with Crippen molar-refractivity contribution in [1.82, 2.24) is 4.98 Å². The molecule has 2 rings (SSSR count). The van der Waals surface area contributed by atoms with Crippen molar-refractivity contribution in [2.24, 2.45) is 5.92 Å². The SMILES string of the molecule is CC.Cc1ccc(N2CCOCC(C(C)(C)O)C2)cn1. The molecular formula is C16H28N2O2. The van der Waals surface area contributed by atoms with Crippen LogP contribution in [0.4, 0.5) is 5.69 Å². The highest BCUT2D eigenvalue weighted by molar-refractivity contribution is 5.44. The number of anilines is 1. The van der Waals surface area contributed by atoms with E-state index in [1.807, 2.05) is 46.9 Å². The van der Waals surface area contributed by atoms with Crippen LogP contribution in [0.15, 0.2) is 18.3 Å². The third kappa shape index (κ3) is 4.76. The van der Waals surface area contributed by atoms with Gasteiger partial charge in [0.15, 0.2) is 0 Å². The van der Waals surface area contributed by atoms with E-state index in [1.54, 1.807) is 0 Å². The Hall–Kier alpha value is -1.13. The summed E-state index contributed by atoms with van der Waals surface area (Å²) in [6, 6.07) is 4.09. The Kier molecular flexibility index (Phi) is 6.43. The summed E-state index contributed by atoms with van der Waals surface area (Å²) in [4.78, 5) is 6.57. The predicted octanol–water partition coefficient (Wildman–Crippen LogP) is 2.64. The van der Waals surface area contributed by atoms with Gasteiger partial charge in [-0.15, -0.1) is 0 Å². The van der Waals surface area contributed by atoms with Crippen molar-refractivity contribution >= 4 is 5.69 Å². The van der Waals surface area contributed by atoms with Gasteiger partial charge in [-0.2, -0.15) is 0 Å². The third-order valence-corrected chi connectivity index (χ3v) is 3.53. The van der Waals surface area contributed by atoms with Crippen LogP contribution in [0.5, 0.6) is 0 Å². The molecule has 1 aromatic rings. The van der Waals surface area contributed by atoms with Crippen molar-refractivity contribution in [2.75, 3.05) is 31.2 Å². The summed E-state index contributed by atoms with van der Waals surface area (Å²) in [6.07, 6.45) is 1.89. The number of rotatable bonds is 2. The first kappa shape index (κ1) is 16.9. The molecule has 1 unspecified atom stereocenters. The lowest BCUT2D eigenvalue weighted by Crippen LogP contribution is -2.41. The van der Waals surface area contributed by atoms with E-state index in [0.717, 1.165) is 24.5 Å². The molecule has 4 heteroatoms. The fourth-order valence-electron chi connectivity index (χ4n) is 2.12. The molecule has 1 aliphatic heterocycles. The zero-order valence-corrected chi connectivity index (χ0v) is 13.4. The molecule has 0 radical (unpaired) electrons. The van der Waals surface area contributed by atoms with Crippen molar-refractivity contribution in [3.63, 3.8) is 0 Å². The van der Waals surface area contributed by atoms with Crippen LogP contribution >= 0.6 is 0 Å². The summed E-state index contributed by atoms with van der Waals surface area (Å²) >= 11 is 0. The van der Waals surface area contributed by atoms with Crippen molar-refractivity contribution in [3.8, 4) is 0 Å². The molecule has 4 nitrogen and oxygen atoms in total. The zero-order valence-electron chi connectivity index (χ0n) is 13.4. The van der Waals surface area contributed by atoms with Crippen LogP contribution in [0.2, 0.25) is 0 Å². The van der Waals surface area contributed by atoms with Crippen molar-refractivity contribution < 1.29 is 9.84 Å². The number of nitrogens with zero attached hydrogens (tertiary/aromatic N) is 2. The van der Waals surface area contributed by atoms with Crippen molar-refractivity contribution in [2.45, 2.75) is 40.2 Å². The number of hydrogen-bond donors (Lipinski definition) is 1. The summed E-state index contributed by atoms with van der Waals surface area (Å²) in [7, 11) is 0. The average molecular weight is 280 g/mol. The van der Waals surface area contributed by atoms with Crippen molar-refractivity contribution in [3.05, 3.63) is 24.0 Å². The molecule has 114 valence electrons. The van der Waals surface area contributed by atoms with E-state index in [1.165, 1.54) is 0 Å². The molecule has 1 aliphatic rings. The van der Waals surface area contributed by atoms with E-state index in [9.17, 15) is 5.11 Å². The van der Waals surface area contributed by atoms with E-state index in [0.29, 0.717) is 13.2 Å². The van der Waals surface area contributed by atoms with Gasteiger partial charge in [0.2, 0.25) is 0 Å². The van der Waals surface area contributed by atoms with Gasteiger partial charge in [0, 0.05) is 24.7 Å². The minimum absolute atomic E-state index is 0.112. The molecule has 1 N–H and O–H groups in total. The second-order valence-corrected chi connectivity index (χ2v) is 5.53. The van der Waals surface area contributed by atoms with Crippen LogP contribution in [0.3, 0.4) is 0 Å². The zero-order chi connectivity index (χ0) is 15.2. The average Bonchev–Trinajstić information content (AvgIpc) is 2.67. The second kappa shape index (κ2) is 7.60. The van der Waals surface area contributed by atoms with E-state index >= 15 is 0 Å². The molecule has 0 spiro atoms. The summed E-state index contributed by atoms with van der Waals surface area (Å²) in [5, 5.41) is 10.2. The van der Waals surface area contributed by atoms with Crippen LogP contribution in [-0.4, -0.2) is 42.0 Å². The fraction of sp³-hybridized carbons (Fsp3) is 0.688. The van der Waals surface area contributed by atoms with Gasteiger partial charge in [-0.1, -0.05) is 13.8 Å². The Morgan fingerprint density at radius 1 is 1.35 bits per heavy atom. The van der Waals surface area contributed by atoms with E-state index in [4.69, 9.17) is 4.74 Å². The maximum Gasteiger partial charge on any atom is 0.0658 e. The lowest BCUT2D eigenvalue weighted by molar-refractivity contribution is -0.0158. The molecule has 0 aliphatic carbocycles. The smallest absolute Gasteiger partial charge is 0.0658 e. The Morgan fingerprint density at radius 2 is 2.05 bits per heavy atom. The second-order valence-electron chi connectivity index (χ2n) is 5.53. The molecule has 1 aromatic heterocycles. The first-order valence-corrected chi connectivity index (χ1v) is 7.44. The highest BCUT2D eigenvalue weighted by Crippen LogP contribution is 2.23. The molecule has 2 heterocycles. The number of aromatic nitrogens is 1. The predicted molar refractivity (Wildman–Crippen MR) is 83.1 cm³/mol. The third-order valence-electron chi connectivity index (χ3n) is 3.53. The summed E-state index contributed by atoms with van der Waals surface area (Å²) < 4.78 is 5.59. The molecule has 0 aromatic carbocycles. The highest BCUT2D eigenvalue weighted by Gasteiger charge is 2.30. The van der Waals surface area contributed by atoms with Crippen molar-refractivity contribution in [1.29, 1.82) is 0 Å². The van der Waals surface area contributed by atoms with E-state index in [2.05, 4.69) is 16.0 Å². The highest BCUT2D eigenvalue weighted by atomic mass is 16.5. The van der Waals surface area contributed by atoms with Gasteiger partial charge >= 0.3 is 0 Å². The topological polar surface area (TPSA) is 45.6 Å². The molecule has 0 amide bonds. The van der Waals surface area contributed by atoms with Crippen LogP contribution in [-0.2, 0) is 4.74 Å². The van der Waals surface area contributed by atoms with Crippen LogP contribution < -0.4 is 4.90 Å². The number of ether oxygens (including phenoxy) is 1. The standard InChI is InChI=1S/C14H22N2O2.C2H6/c1-11-4-5-13(8-15-11)16-6-7-18-10-12(9-16)14(2,3)17;1-2/h4-5,8,12,17H,6-7,9-10H2,1-3H3;1-2H3. The summed E-state index contributed by atoms with van der Waals surface area (Å²) in [5.74, 6) is 0.112. The Morgan fingerprint density at radius 3 is 2.60 bits per heavy atom. The van der Waals surface area contributed by atoms with Gasteiger partial charge in [-0.25, -0.2) is 0 Å². The first-order valence-electron chi connectivity index (χ1n) is 7.44. The summed E-state index contributed by atoms with van der Waals surface area (Å²) in [6.45, 7) is 12.6. The van der Waals surface area contributed by atoms with E-state index < -0.39 is 5.60 Å². The number of pyridine rings is 1. The van der Waals surface area contributed by atoms with Crippen LogP contribution in [0, 0.1) is 12.8 Å². The lowest BCUT2D eigenvalue weighted by atomic mass is 9.91. The normalized spacial score (nSPS) is 19.9. The number of aliphatic hydroxyl groups is 1. The number of hydrogen-bond acceptors (Lipinski definition) is 4. The maximum atomic E-state index is 10.2. The fourth-order valence-corrected chi connectivity index (χ4v) is 2.12. The molecule has 0 saturated carbocycles. The Labute approximate surface area is 122 Å². The monoisotopic (exact) mass is 280 g/mol. The molecule has 1 fully saturated rings. The van der Waals surface area contributed by atoms with E-state index in [-0.39, 0.29) is 5.92 Å². The lowest BCUT2D eigenvalue weighted by Gasteiger charge is -2.32. The molecule has 1 atom stereocenters. The quantitative estimate of drug-likeness (QED) is 0.904. The Bertz CT molecular complexity index is 384.